The summed E-state index contributed by atoms with van der Waals surface area (Å²) in [7, 11) is 0. The molecule has 2 aromatic rings. The van der Waals surface area contributed by atoms with Crippen LogP contribution >= 0.6 is 22.6 Å². The van der Waals surface area contributed by atoms with Crippen molar-refractivity contribution in [1.82, 2.24) is 14.8 Å². The number of rotatable bonds is 3. The highest BCUT2D eigenvalue weighted by atomic mass is 127. The van der Waals surface area contributed by atoms with E-state index in [9.17, 15) is 0 Å². The molecule has 0 unspecified atom stereocenters. The third kappa shape index (κ3) is 2.82. The van der Waals surface area contributed by atoms with Gasteiger partial charge in [0, 0.05) is 9.13 Å². The molecule has 0 spiro atoms. The molecule has 17 heavy (non-hydrogen) atoms. The lowest BCUT2D eigenvalue weighted by atomic mass is 10.2. The molecule has 86 valence electrons. The number of hydrogen-bond donors (Lipinski definition) is 0. The molecule has 0 aliphatic heterocycles. The largest absolute Gasteiger partial charge is 0.249 e. The van der Waals surface area contributed by atoms with Gasteiger partial charge in [0.05, 0.1) is 19.0 Å². The lowest BCUT2D eigenvalue weighted by Crippen LogP contribution is -2.01. The first-order valence-electron chi connectivity index (χ1n) is 5.25. The van der Waals surface area contributed by atoms with E-state index in [2.05, 4.69) is 38.7 Å². The SMILES string of the molecule is Cc1nc(-c2ccc(I)cc2)nn1CCC#N. The fraction of sp³-hybridized carbons (Fsp3) is 0.250. The van der Waals surface area contributed by atoms with E-state index in [0.29, 0.717) is 13.0 Å². The molecule has 1 aromatic carbocycles. The van der Waals surface area contributed by atoms with Crippen LogP contribution in [0.4, 0.5) is 0 Å². The van der Waals surface area contributed by atoms with Gasteiger partial charge in [0.15, 0.2) is 5.82 Å². The van der Waals surface area contributed by atoms with Crippen LogP contribution in [0.2, 0.25) is 0 Å². The lowest BCUT2D eigenvalue weighted by Gasteiger charge is -1.97. The molecule has 0 aliphatic carbocycles. The first kappa shape index (κ1) is 12.0. The van der Waals surface area contributed by atoms with Crippen molar-refractivity contribution in [2.24, 2.45) is 0 Å². The van der Waals surface area contributed by atoms with Crippen LogP contribution in [0.5, 0.6) is 0 Å². The Morgan fingerprint density at radius 1 is 1.35 bits per heavy atom. The summed E-state index contributed by atoms with van der Waals surface area (Å²) in [5.41, 5.74) is 1.00. The standard InChI is InChI=1S/C12H11IN4/c1-9-15-12(16-17(9)8-2-7-14)10-3-5-11(13)6-4-10/h3-6H,2,8H2,1H3. The second-order valence-corrected chi connectivity index (χ2v) is 4.87. The molecule has 5 heteroatoms. The molecule has 2 rings (SSSR count). The van der Waals surface area contributed by atoms with E-state index < -0.39 is 0 Å². The second-order valence-electron chi connectivity index (χ2n) is 3.62. The number of aryl methyl sites for hydroxylation is 2. The molecule has 0 radical (unpaired) electrons. The lowest BCUT2D eigenvalue weighted by molar-refractivity contribution is 0.608. The van der Waals surface area contributed by atoms with Crippen LogP contribution in [0.1, 0.15) is 12.2 Å². The molecule has 0 fully saturated rings. The maximum Gasteiger partial charge on any atom is 0.181 e. The highest BCUT2D eigenvalue weighted by Crippen LogP contribution is 2.17. The van der Waals surface area contributed by atoms with Gasteiger partial charge in [-0.3, -0.25) is 0 Å². The normalized spacial score (nSPS) is 10.2. The second kappa shape index (κ2) is 5.27. The highest BCUT2D eigenvalue weighted by molar-refractivity contribution is 14.1. The number of aromatic nitrogens is 3. The van der Waals surface area contributed by atoms with Crippen molar-refractivity contribution in [2.45, 2.75) is 19.9 Å². The van der Waals surface area contributed by atoms with Gasteiger partial charge in [0.1, 0.15) is 5.82 Å². The Bertz CT molecular complexity index is 551. The van der Waals surface area contributed by atoms with E-state index in [1.807, 2.05) is 31.2 Å². The summed E-state index contributed by atoms with van der Waals surface area (Å²) in [4.78, 5) is 4.40. The van der Waals surface area contributed by atoms with Crippen LogP contribution in [-0.4, -0.2) is 14.8 Å². The first-order chi connectivity index (χ1) is 8.20. The van der Waals surface area contributed by atoms with Crippen molar-refractivity contribution in [1.29, 1.82) is 5.26 Å². The maximum atomic E-state index is 8.56. The van der Waals surface area contributed by atoms with Gasteiger partial charge in [-0.1, -0.05) is 12.1 Å². The van der Waals surface area contributed by atoms with Crippen LogP contribution in [0.15, 0.2) is 24.3 Å². The number of nitriles is 1. The summed E-state index contributed by atoms with van der Waals surface area (Å²) in [6.45, 7) is 2.50. The number of hydrogen-bond acceptors (Lipinski definition) is 3. The minimum Gasteiger partial charge on any atom is -0.249 e. The van der Waals surface area contributed by atoms with Crippen molar-refractivity contribution in [2.75, 3.05) is 0 Å². The van der Waals surface area contributed by atoms with Gasteiger partial charge >= 0.3 is 0 Å². The summed E-state index contributed by atoms with van der Waals surface area (Å²) >= 11 is 2.26. The van der Waals surface area contributed by atoms with E-state index in [1.54, 1.807) is 4.68 Å². The number of halogens is 1. The van der Waals surface area contributed by atoms with Crippen molar-refractivity contribution in [3.8, 4) is 17.5 Å². The Balaban J connectivity index is 2.28. The Morgan fingerprint density at radius 3 is 2.71 bits per heavy atom. The van der Waals surface area contributed by atoms with Crippen LogP contribution < -0.4 is 0 Å². The average molecular weight is 338 g/mol. The molecule has 0 aliphatic rings. The summed E-state index contributed by atoms with van der Waals surface area (Å²) < 4.78 is 2.96. The number of nitrogens with zero attached hydrogens (tertiary/aromatic N) is 4. The molecule has 1 heterocycles. The molecule has 0 saturated carbocycles. The predicted molar refractivity (Wildman–Crippen MR) is 73.1 cm³/mol. The van der Waals surface area contributed by atoms with Crippen LogP contribution in [-0.2, 0) is 6.54 Å². The van der Waals surface area contributed by atoms with E-state index >= 15 is 0 Å². The van der Waals surface area contributed by atoms with Gasteiger partial charge in [-0.2, -0.15) is 10.4 Å². The first-order valence-corrected chi connectivity index (χ1v) is 6.33. The molecule has 0 amide bonds. The van der Waals surface area contributed by atoms with Gasteiger partial charge in [-0.05, 0) is 41.6 Å². The summed E-state index contributed by atoms with van der Waals surface area (Å²) in [5, 5.41) is 13.0. The van der Waals surface area contributed by atoms with Crippen molar-refractivity contribution in [3.63, 3.8) is 0 Å². The molecule has 0 atom stereocenters. The Kier molecular flexibility index (Phi) is 3.74. The third-order valence-electron chi connectivity index (χ3n) is 2.39. The van der Waals surface area contributed by atoms with Crippen molar-refractivity contribution < 1.29 is 0 Å². The summed E-state index contributed by atoms with van der Waals surface area (Å²) in [5.74, 6) is 1.56. The Labute approximate surface area is 113 Å². The maximum absolute atomic E-state index is 8.56. The summed E-state index contributed by atoms with van der Waals surface area (Å²) in [6.07, 6.45) is 0.455. The van der Waals surface area contributed by atoms with Gasteiger partial charge in [-0.15, -0.1) is 0 Å². The molecule has 4 nitrogen and oxygen atoms in total. The Morgan fingerprint density at radius 2 is 2.06 bits per heavy atom. The molecular formula is C12H11IN4. The minimum atomic E-state index is 0.455. The molecular weight excluding hydrogens is 327 g/mol. The van der Waals surface area contributed by atoms with Crippen LogP contribution in [0, 0.1) is 21.8 Å². The predicted octanol–water partition coefficient (Wildman–Crippen LogP) is 2.77. The molecule has 0 bridgehead atoms. The minimum absolute atomic E-state index is 0.455. The van der Waals surface area contributed by atoms with E-state index in [-0.39, 0.29) is 0 Å². The van der Waals surface area contributed by atoms with Crippen LogP contribution in [0.3, 0.4) is 0 Å². The topological polar surface area (TPSA) is 54.5 Å². The monoisotopic (exact) mass is 338 g/mol. The summed E-state index contributed by atoms with van der Waals surface area (Å²) in [6, 6.07) is 10.2. The molecule has 0 saturated heterocycles. The van der Waals surface area contributed by atoms with Gasteiger partial charge in [-0.25, -0.2) is 9.67 Å². The zero-order chi connectivity index (χ0) is 12.3. The van der Waals surface area contributed by atoms with E-state index in [0.717, 1.165) is 17.2 Å². The van der Waals surface area contributed by atoms with Crippen molar-refractivity contribution in [3.05, 3.63) is 33.7 Å². The van der Waals surface area contributed by atoms with E-state index in [4.69, 9.17) is 5.26 Å². The average Bonchev–Trinajstić information content (AvgIpc) is 2.69. The van der Waals surface area contributed by atoms with Crippen molar-refractivity contribution >= 4 is 22.6 Å². The smallest absolute Gasteiger partial charge is 0.181 e. The quantitative estimate of drug-likeness (QED) is 0.809. The molecule has 0 N–H and O–H groups in total. The van der Waals surface area contributed by atoms with Gasteiger partial charge in [0.25, 0.3) is 0 Å². The zero-order valence-electron chi connectivity index (χ0n) is 9.39. The van der Waals surface area contributed by atoms with Gasteiger partial charge in [0.2, 0.25) is 0 Å². The van der Waals surface area contributed by atoms with Crippen LogP contribution in [0.25, 0.3) is 11.4 Å². The number of benzene rings is 1. The fourth-order valence-corrected chi connectivity index (χ4v) is 1.87. The van der Waals surface area contributed by atoms with Gasteiger partial charge < -0.3 is 0 Å². The molecule has 1 aromatic heterocycles. The zero-order valence-corrected chi connectivity index (χ0v) is 11.5. The highest BCUT2D eigenvalue weighted by Gasteiger charge is 2.07. The Hall–Kier alpha value is -1.42. The van der Waals surface area contributed by atoms with E-state index in [1.165, 1.54) is 3.57 Å². The fourth-order valence-electron chi connectivity index (χ4n) is 1.51. The third-order valence-corrected chi connectivity index (χ3v) is 3.11.